The first-order valence-electron chi connectivity index (χ1n) is 7.01. The van der Waals surface area contributed by atoms with Crippen LogP contribution in [0.4, 0.5) is 5.69 Å². The van der Waals surface area contributed by atoms with E-state index < -0.39 is 4.92 Å². The Morgan fingerprint density at radius 3 is 2.80 bits per heavy atom. The Morgan fingerprint density at radius 2 is 2.30 bits per heavy atom. The van der Waals surface area contributed by atoms with Crippen molar-refractivity contribution in [2.24, 2.45) is 17.1 Å². The predicted molar refractivity (Wildman–Crippen MR) is 77.9 cm³/mol. The van der Waals surface area contributed by atoms with Crippen LogP contribution in [0.5, 0.6) is 5.75 Å². The van der Waals surface area contributed by atoms with E-state index in [2.05, 4.69) is 6.92 Å². The zero-order valence-corrected chi connectivity index (χ0v) is 12.1. The lowest BCUT2D eigenvalue weighted by atomic mass is 9.79. The molecular formula is C15H22N2O3. The number of hydrogen-bond donors (Lipinski definition) is 1. The Bertz CT molecular complexity index is 504. The van der Waals surface area contributed by atoms with Crippen LogP contribution in [0.2, 0.25) is 0 Å². The molecule has 1 aromatic carbocycles. The molecule has 0 spiro atoms. The molecule has 5 heteroatoms. The summed E-state index contributed by atoms with van der Waals surface area (Å²) in [6.45, 7) is 2.88. The quantitative estimate of drug-likeness (QED) is 0.663. The molecule has 1 aliphatic carbocycles. The van der Waals surface area contributed by atoms with Gasteiger partial charge in [0.25, 0.3) is 0 Å². The van der Waals surface area contributed by atoms with Crippen LogP contribution in [-0.4, -0.2) is 18.6 Å². The lowest BCUT2D eigenvalue weighted by Crippen LogP contribution is -2.30. The first kappa shape index (κ1) is 14.8. The molecule has 0 bridgehead atoms. The lowest BCUT2D eigenvalue weighted by Gasteiger charge is -2.27. The van der Waals surface area contributed by atoms with Gasteiger partial charge in [-0.2, -0.15) is 0 Å². The summed E-state index contributed by atoms with van der Waals surface area (Å²) in [6, 6.07) is 5.21. The molecular weight excluding hydrogens is 256 g/mol. The highest BCUT2D eigenvalue weighted by molar-refractivity contribution is 5.48. The van der Waals surface area contributed by atoms with Crippen molar-refractivity contribution in [3.05, 3.63) is 33.9 Å². The van der Waals surface area contributed by atoms with Crippen LogP contribution in [0.25, 0.3) is 0 Å². The fraction of sp³-hybridized carbons (Fsp3) is 0.600. The summed E-state index contributed by atoms with van der Waals surface area (Å²) in [5.41, 5.74) is 7.07. The number of benzene rings is 1. The maximum atomic E-state index is 11.1. The van der Waals surface area contributed by atoms with Crippen molar-refractivity contribution in [2.45, 2.75) is 32.6 Å². The third-order valence-corrected chi connectivity index (χ3v) is 4.40. The SMILES string of the molecule is COc1ccc(CC2(CN)CCC(C)C2)cc1[N+](=O)[O-]. The van der Waals surface area contributed by atoms with E-state index >= 15 is 0 Å². The zero-order valence-electron chi connectivity index (χ0n) is 12.1. The highest BCUT2D eigenvalue weighted by atomic mass is 16.6. The summed E-state index contributed by atoms with van der Waals surface area (Å²) in [5.74, 6) is 0.993. The number of rotatable bonds is 5. The van der Waals surface area contributed by atoms with Crippen molar-refractivity contribution < 1.29 is 9.66 Å². The van der Waals surface area contributed by atoms with E-state index in [-0.39, 0.29) is 11.1 Å². The summed E-state index contributed by atoms with van der Waals surface area (Å²) in [7, 11) is 1.45. The second-order valence-corrected chi connectivity index (χ2v) is 5.99. The van der Waals surface area contributed by atoms with Gasteiger partial charge in [0.1, 0.15) is 0 Å². The van der Waals surface area contributed by atoms with Gasteiger partial charge in [-0.15, -0.1) is 0 Å². The molecule has 0 saturated heterocycles. The first-order chi connectivity index (χ1) is 9.49. The van der Waals surface area contributed by atoms with Crippen LogP contribution >= 0.6 is 0 Å². The van der Waals surface area contributed by atoms with Gasteiger partial charge in [0.05, 0.1) is 12.0 Å². The molecule has 1 fully saturated rings. The zero-order chi connectivity index (χ0) is 14.8. The van der Waals surface area contributed by atoms with E-state index in [1.807, 2.05) is 6.07 Å². The topological polar surface area (TPSA) is 78.4 Å². The molecule has 5 nitrogen and oxygen atoms in total. The lowest BCUT2D eigenvalue weighted by molar-refractivity contribution is -0.385. The van der Waals surface area contributed by atoms with E-state index in [9.17, 15) is 10.1 Å². The van der Waals surface area contributed by atoms with Crippen LogP contribution in [0.1, 0.15) is 31.7 Å². The molecule has 2 unspecified atom stereocenters. The van der Waals surface area contributed by atoms with Crippen molar-refractivity contribution >= 4 is 5.69 Å². The standard InChI is InChI=1S/C15H22N2O3/c1-11-5-6-15(8-11,10-16)9-12-3-4-14(20-2)13(7-12)17(18)19/h3-4,7,11H,5-6,8-10,16H2,1-2H3. The Kier molecular flexibility index (Phi) is 4.28. The average Bonchev–Trinajstić information content (AvgIpc) is 2.80. The maximum Gasteiger partial charge on any atom is 0.311 e. The molecule has 20 heavy (non-hydrogen) atoms. The molecule has 1 saturated carbocycles. The molecule has 1 aliphatic rings. The fourth-order valence-electron chi connectivity index (χ4n) is 3.34. The van der Waals surface area contributed by atoms with Crippen molar-refractivity contribution in [2.75, 3.05) is 13.7 Å². The molecule has 110 valence electrons. The maximum absolute atomic E-state index is 11.1. The van der Waals surface area contributed by atoms with Crippen molar-refractivity contribution in [3.63, 3.8) is 0 Å². The monoisotopic (exact) mass is 278 g/mol. The number of nitrogens with two attached hydrogens (primary N) is 1. The van der Waals surface area contributed by atoms with Crippen LogP contribution in [0, 0.1) is 21.4 Å². The molecule has 0 aliphatic heterocycles. The molecule has 0 heterocycles. The second-order valence-electron chi connectivity index (χ2n) is 5.99. The van der Waals surface area contributed by atoms with Gasteiger partial charge in [-0.3, -0.25) is 10.1 Å². The molecule has 2 N–H and O–H groups in total. The highest BCUT2D eigenvalue weighted by Crippen LogP contribution is 2.44. The van der Waals surface area contributed by atoms with E-state index in [0.717, 1.165) is 24.8 Å². The van der Waals surface area contributed by atoms with E-state index in [0.29, 0.717) is 18.2 Å². The fourth-order valence-corrected chi connectivity index (χ4v) is 3.34. The molecule has 2 rings (SSSR count). The minimum atomic E-state index is -0.394. The van der Waals surface area contributed by atoms with Gasteiger partial charge in [-0.25, -0.2) is 0 Å². The molecule has 1 aromatic rings. The largest absolute Gasteiger partial charge is 0.490 e. The normalized spacial score (nSPS) is 25.6. The Morgan fingerprint density at radius 1 is 1.55 bits per heavy atom. The van der Waals surface area contributed by atoms with Crippen LogP contribution in [0.15, 0.2) is 18.2 Å². The van der Waals surface area contributed by atoms with E-state index in [1.165, 1.54) is 13.5 Å². The number of ether oxygens (including phenoxy) is 1. The van der Waals surface area contributed by atoms with Crippen molar-refractivity contribution in [1.29, 1.82) is 0 Å². The molecule has 0 amide bonds. The van der Waals surface area contributed by atoms with Crippen LogP contribution in [0.3, 0.4) is 0 Å². The molecule has 0 radical (unpaired) electrons. The van der Waals surface area contributed by atoms with Gasteiger partial charge in [0.2, 0.25) is 0 Å². The van der Waals surface area contributed by atoms with Crippen LogP contribution < -0.4 is 10.5 Å². The van der Waals surface area contributed by atoms with Gasteiger partial charge >= 0.3 is 5.69 Å². The van der Waals surface area contributed by atoms with E-state index in [1.54, 1.807) is 12.1 Å². The number of nitrogens with zero attached hydrogens (tertiary/aromatic N) is 1. The summed E-state index contributed by atoms with van der Waals surface area (Å²) in [4.78, 5) is 10.7. The second kappa shape index (κ2) is 5.79. The summed E-state index contributed by atoms with van der Waals surface area (Å²) < 4.78 is 5.03. The summed E-state index contributed by atoms with van der Waals surface area (Å²) in [5, 5.41) is 11.1. The Hall–Kier alpha value is -1.62. The first-order valence-corrected chi connectivity index (χ1v) is 7.01. The molecule has 2 atom stereocenters. The highest BCUT2D eigenvalue weighted by Gasteiger charge is 2.36. The number of methoxy groups -OCH3 is 1. The minimum Gasteiger partial charge on any atom is -0.490 e. The van der Waals surface area contributed by atoms with Gasteiger partial charge in [-0.05, 0) is 48.8 Å². The smallest absolute Gasteiger partial charge is 0.311 e. The Labute approximate surface area is 119 Å². The molecule has 0 aromatic heterocycles. The van der Waals surface area contributed by atoms with Gasteiger partial charge in [0, 0.05) is 6.07 Å². The van der Waals surface area contributed by atoms with Gasteiger partial charge in [-0.1, -0.05) is 19.4 Å². The number of hydrogen-bond acceptors (Lipinski definition) is 4. The van der Waals surface area contributed by atoms with Crippen molar-refractivity contribution in [1.82, 2.24) is 0 Å². The predicted octanol–water partition coefficient (Wildman–Crippen LogP) is 2.91. The summed E-state index contributed by atoms with van der Waals surface area (Å²) >= 11 is 0. The number of nitro benzene ring substituents is 1. The summed E-state index contributed by atoms with van der Waals surface area (Å²) in [6.07, 6.45) is 4.20. The van der Waals surface area contributed by atoms with Gasteiger partial charge < -0.3 is 10.5 Å². The van der Waals surface area contributed by atoms with Crippen molar-refractivity contribution in [3.8, 4) is 5.75 Å². The van der Waals surface area contributed by atoms with Gasteiger partial charge in [0.15, 0.2) is 5.75 Å². The van der Waals surface area contributed by atoms with Crippen LogP contribution in [-0.2, 0) is 6.42 Å². The minimum absolute atomic E-state index is 0.0308. The average molecular weight is 278 g/mol. The number of nitro groups is 1. The third kappa shape index (κ3) is 2.93. The third-order valence-electron chi connectivity index (χ3n) is 4.40. The van der Waals surface area contributed by atoms with E-state index in [4.69, 9.17) is 10.5 Å². The Balaban J connectivity index is 2.25.